The molecule has 0 bridgehead atoms. The maximum absolute atomic E-state index is 12.0. The van der Waals surface area contributed by atoms with Gasteiger partial charge in [-0.3, -0.25) is 4.79 Å². The van der Waals surface area contributed by atoms with Gasteiger partial charge in [-0.1, -0.05) is 15.9 Å². The largest absolute Gasteiger partial charge is 0.398 e. The maximum atomic E-state index is 12.0. The zero-order valence-electron chi connectivity index (χ0n) is 9.57. The molecule has 1 aromatic rings. The molecule has 17 heavy (non-hydrogen) atoms. The fourth-order valence-corrected chi connectivity index (χ4v) is 2.23. The van der Waals surface area contributed by atoms with Crippen LogP contribution in [0.2, 0.25) is 0 Å². The SMILES string of the molecule is COC1CC(NC(=O)c2cc(Br)ccc2N)C1. The molecule has 1 aliphatic carbocycles. The van der Waals surface area contributed by atoms with Gasteiger partial charge in [0.05, 0.1) is 11.7 Å². The predicted molar refractivity (Wildman–Crippen MR) is 69.8 cm³/mol. The summed E-state index contributed by atoms with van der Waals surface area (Å²) in [5, 5.41) is 2.95. The number of methoxy groups -OCH3 is 1. The summed E-state index contributed by atoms with van der Waals surface area (Å²) in [6.07, 6.45) is 2.02. The van der Waals surface area contributed by atoms with Crippen LogP contribution in [0.4, 0.5) is 5.69 Å². The molecule has 1 aromatic carbocycles. The molecule has 1 aliphatic rings. The van der Waals surface area contributed by atoms with E-state index in [1.165, 1.54) is 0 Å². The van der Waals surface area contributed by atoms with E-state index < -0.39 is 0 Å². The Labute approximate surface area is 109 Å². The summed E-state index contributed by atoms with van der Waals surface area (Å²) >= 11 is 3.33. The van der Waals surface area contributed by atoms with Crippen molar-refractivity contribution < 1.29 is 9.53 Å². The van der Waals surface area contributed by atoms with Gasteiger partial charge >= 0.3 is 0 Å². The Bertz CT molecular complexity index is 431. The highest BCUT2D eigenvalue weighted by Gasteiger charge is 2.30. The normalized spacial score (nSPS) is 22.9. The summed E-state index contributed by atoms with van der Waals surface area (Å²) in [7, 11) is 1.69. The van der Waals surface area contributed by atoms with Gasteiger partial charge < -0.3 is 15.8 Å². The molecule has 0 heterocycles. The molecule has 2 rings (SSSR count). The molecule has 1 amide bonds. The minimum atomic E-state index is -0.122. The van der Waals surface area contributed by atoms with E-state index in [1.807, 2.05) is 6.07 Å². The monoisotopic (exact) mass is 298 g/mol. The third-order valence-corrected chi connectivity index (χ3v) is 3.52. The Morgan fingerprint density at radius 2 is 2.24 bits per heavy atom. The lowest BCUT2D eigenvalue weighted by molar-refractivity contribution is 0.0176. The molecule has 0 spiro atoms. The van der Waals surface area contributed by atoms with Gasteiger partial charge in [0.15, 0.2) is 0 Å². The van der Waals surface area contributed by atoms with Crippen LogP contribution in [0.5, 0.6) is 0 Å². The zero-order chi connectivity index (χ0) is 12.4. The van der Waals surface area contributed by atoms with Crippen molar-refractivity contribution in [2.45, 2.75) is 25.0 Å². The van der Waals surface area contributed by atoms with Crippen molar-refractivity contribution in [2.24, 2.45) is 0 Å². The zero-order valence-corrected chi connectivity index (χ0v) is 11.2. The van der Waals surface area contributed by atoms with Crippen LogP contribution < -0.4 is 11.1 Å². The molecule has 0 radical (unpaired) electrons. The summed E-state index contributed by atoms with van der Waals surface area (Å²) < 4.78 is 6.01. The number of ether oxygens (including phenoxy) is 1. The average Bonchev–Trinajstić information content (AvgIpc) is 2.25. The third kappa shape index (κ3) is 2.79. The first-order valence-electron chi connectivity index (χ1n) is 5.49. The Morgan fingerprint density at radius 1 is 1.53 bits per heavy atom. The van der Waals surface area contributed by atoms with Gasteiger partial charge in [0.25, 0.3) is 5.91 Å². The Morgan fingerprint density at radius 3 is 2.88 bits per heavy atom. The number of nitrogen functional groups attached to an aromatic ring is 1. The smallest absolute Gasteiger partial charge is 0.253 e. The number of hydrogen-bond donors (Lipinski definition) is 2. The molecule has 1 fully saturated rings. The van der Waals surface area contributed by atoms with Crippen molar-refractivity contribution in [3.8, 4) is 0 Å². The van der Waals surface area contributed by atoms with Crippen molar-refractivity contribution in [2.75, 3.05) is 12.8 Å². The van der Waals surface area contributed by atoms with E-state index in [0.717, 1.165) is 17.3 Å². The fourth-order valence-electron chi connectivity index (χ4n) is 1.86. The van der Waals surface area contributed by atoms with Crippen LogP contribution in [0.25, 0.3) is 0 Å². The number of carbonyl (C=O) groups excluding carboxylic acids is 1. The topological polar surface area (TPSA) is 64.3 Å². The summed E-state index contributed by atoms with van der Waals surface area (Å²) in [5.41, 5.74) is 6.78. The summed E-state index contributed by atoms with van der Waals surface area (Å²) in [6, 6.07) is 5.47. The average molecular weight is 299 g/mol. The van der Waals surface area contributed by atoms with E-state index in [4.69, 9.17) is 10.5 Å². The van der Waals surface area contributed by atoms with Crippen molar-refractivity contribution >= 4 is 27.5 Å². The number of rotatable bonds is 3. The number of carbonyl (C=O) groups is 1. The third-order valence-electron chi connectivity index (χ3n) is 3.02. The van der Waals surface area contributed by atoms with Crippen LogP contribution in [-0.2, 0) is 4.74 Å². The second kappa shape index (κ2) is 5.06. The van der Waals surface area contributed by atoms with Crippen molar-refractivity contribution in [3.63, 3.8) is 0 Å². The van der Waals surface area contributed by atoms with Crippen molar-refractivity contribution in [1.29, 1.82) is 0 Å². The van der Waals surface area contributed by atoms with Crippen LogP contribution in [0, 0.1) is 0 Å². The van der Waals surface area contributed by atoms with E-state index in [-0.39, 0.29) is 18.1 Å². The fraction of sp³-hybridized carbons (Fsp3) is 0.417. The van der Waals surface area contributed by atoms with Gasteiger partial charge in [0.2, 0.25) is 0 Å². The minimum Gasteiger partial charge on any atom is -0.398 e. The van der Waals surface area contributed by atoms with E-state index in [9.17, 15) is 4.79 Å². The molecule has 0 saturated heterocycles. The van der Waals surface area contributed by atoms with Crippen LogP contribution >= 0.6 is 15.9 Å². The van der Waals surface area contributed by atoms with E-state index >= 15 is 0 Å². The Kier molecular flexibility index (Phi) is 3.69. The summed E-state index contributed by atoms with van der Waals surface area (Å²) in [6.45, 7) is 0. The standard InChI is InChI=1S/C12H15BrN2O2/c1-17-9-5-8(6-9)15-12(16)10-4-7(13)2-3-11(10)14/h2-4,8-9H,5-6,14H2,1H3,(H,15,16). The molecule has 0 atom stereocenters. The van der Waals surface area contributed by atoms with Crippen LogP contribution in [0.1, 0.15) is 23.2 Å². The quantitative estimate of drug-likeness (QED) is 0.838. The van der Waals surface area contributed by atoms with Crippen LogP contribution in [0.3, 0.4) is 0 Å². The van der Waals surface area contributed by atoms with Gasteiger partial charge in [-0.05, 0) is 31.0 Å². The highest BCUT2D eigenvalue weighted by molar-refractivity contribution is 9.10. The molecule has 3 N–H and O–H groups in total. The number of benzene rings is 1. The lowest BCUT2D eigenvalue weighted by Crippen LogP contribution is -2.47. The number of nitrogens with one attached hydrogen (secondary N) is 1. The van der Waals surface area contributed by atoms with Crippen molar-refractivity contribution in [1.82, 2.24) is 5.32 Å². The number of hydrogen-bond acceptors (Lipinski definition) is 3. The van der Waals surface area contributed by atoms with E-state index in [2.05, 4.69) is 21.2 Å². The second-order valence-electron chi connectivity index (χ2n) is 4.23. The summed E-state index contributed by atoms with van der Waals surface area (Å²) in [4.78, 5) is 12.0. The first-order valence-corrected chi connectivity index (χ1v) is 6.28. The maximum Gasteiger partial charge on any atom is 0.253 e. The predicted octanol–water partition coefficient (Wildman–Crippen LogP) is 1.94. The number of amides is 1. The first-order chi connectivity index (χ1) is 8.10. The molecule has 0 aromatic heterocycles. The Hall–Kier alpha value is -1.07. The van der Waals surface area contributed by atoms with E-state index in [1.54, 1.807) is 19.2 Å². The molecule has 4 nitrogen and oxygen atoms in total. The molecular weight excluding hydrogens is 284 g/mol. The molecular formula is C12H15BrN2O2. The highest BCUT2D eigenvalue weighted by Crippen LogP contribution is 2.24. The minimum absolute atomic E-state index is 0.122. The Balaban J connectivity index is 1.98. The lowest BCUT2D eigenvalue weighted by atomic mass is 9.89. The summed E-state index contributed by atoms with van der Waals surface area (Å²) in [5.74, 6) is -0.122. The lowest BCUT2D eigenvalue weighted by Gasteiger charge is -2.34. The molecule has 0 unspecified atom stereocenters. The van der Waals surface area contributed by atoms with Gasteiger partial charge in [0, 0.05) is 23.3 Å². The van der Waals surface area contributed by atoms with Gasteiger partial charge in [-0.25, -0.2) is 0 Å². The van der Waals surface area contributed by atoms with Gasteiger partial charge in [-0.15, -0.1) is 0 Å². The van der Waals surface area contributed by atoms with Gasteiger partial charge in [0.1, 0.15) is 0 Å². The number of nitrogens with two attached hydrogens (primary N) is 1. The van der Waals surface area contributed by atoms with Gasteiger partial charge in [-0.2, -0.15) is 0 Å². The second-order valence-corrected chi connectivity index (χ2v) is 5.15. The van der Waals surface area contributed by atoms with Crippen LogP contribution in [0.15, 0.2) is 22.7 Å². The number of anilines is 1. The molecule has 1 saturated carbocycles. The van der Waals surface area contributed by atoms with Crippen LogP contribution in [-0.4, -0.2) is 25.2 Å². The number of halogens is 1. The molecule has 92 valence electrons. The van der Waals surface area contributed by atoms with Crippen molar-refractivity contribution in [3.05, 3.63) is 28.2 Å². The molecule has 5 heteroatoms. The first kappa shape index (κ1) is 12.4. The van der Waals surface area contributed by atoms with E-state index in [0.29, 0.717) is 11.3 Å². The highest BCUT2D eigenvalue weighted by atomic mass is 79.9. The molecule has 0 aliphatic heterocycles.